The molecule has 0 saturated carbocycles. The van der Waals surface area contributed by atoms with E-state index >= 15 is 0 Å². The summed E-state index contributed by atoms with van der Waals surface area (Å²) in [6.45, 7) is 5.48. The Kier molecular flexibility index (Phi) is 5.69. The van der Waals surface area contributed by atoms with Crippen molar-refractivity contribution in [3.63, 3.8) is 0 Å². The number of nitro groups is 1. The molecule has 0 radical (unpaired) electrons. The predicted octanol–water partition coefficient (Wildman–Crippen LogP) is 1.81. The minimum absolute atomic E-state index is 0.0384. The summed E-state index contributed by atoms with van der Waals surface area (Å²) in [4.78, 5) is 19.2. The van der Waals surface area contributed by atoms with Crippen molar-refractivity contribution in [2.45, 2.75) is 19.9 Å². The van der Waals surface area contributed by atoms with E-state index in [9.17, 15) is 10.1 Å². The first kappa shape index (κ1) is 16.2. The van der Waals surface area contributed by atoms with Gasteiger partial charge in [-0.25, -0.2) is 4.98 Å². The molecule has 0 saturated heterocycles. The van der Waals surface area contributed by atoms with Crippen molar-refractivity contribution >= 4 is 17.3 Å². The molecule has 0 amide bonds. The van der Waals surface area contributed by atoms with E-state index in [1.165, 1.54) is 6.07 Å². The van der Waals surface area contributed by atoms with Gasteiger partial charge in [0.05, 0.1) is 4.92 Å². The van der Waals surface area contributed by atoms with Crippen LogP contribution in [0.2, 0.25) is 0 Å². The van der Waals surface area contributed by atoms with Crippen LogP contribution in [0, 0.1) is 10.1 Å². The summed E-state index contributed by atoms with van der Waals surface area (Å²) in [5.74, 6) is 1.04. The van der Waals surface area contributed by atoms with Gasteiger partial charge in [-0.3, -0.25) is 10.1 Å². The smallest absolute Gasteiger partial charge is 0.311 e. The maximum absolute atomic E-state index is 11.2. The second-order valence-electron chi connectivity index (χ2n) is 4.94. The summed E-state index contributed by atoms with van der Waals surface area (Å²) < 4.78 is 0. The lowest BCUT2D eigenvalue weighted by Crippen LogP contribution is -2.40. The van der Waals surface area contributed by atoms with Crippen molar-refractivity contribution in [2.75, 3.05) is 44.4 Å². The van der Waals surface area contributed by atoms with Crippen LogP contribution in [0.1, 0.15) is 13.8 Å². The highest BCUT2D eigenvalue weighted by atomic mass is 16.6. The Morgan fingerprint density at radius 2 is 2.10 bits per heavy atom. The van der Waals surface area contributed by atoms with Crippen molar-refractivity contribution in [1.29, 1.82) is 0 Å². The molecule has 0 bridgehead atoms. The third-order valence-corrected chi connectivity index (χ3v) is 3.08. The van der Waals surface area contributed by atoms with Gasteiger partial charge in [-0.05, 0) is 34.0 Å². The SMILES string of the molecule is CCN(c1nc(NC)ccc1[N+](=O)[O-])C(C)CN(C)C. The molecule has 1 aromatic rings. The summed E-state index contributed by atoms with van der Waals surface area (Å²) in [7, 11) is 5.71. The number of aromatic nitrogens is 1. The third kappa shape index (κ3) is 3.80. The van der Waals surface area contributed by atoms with Crippen molar-refractivity contribution < 1.29 is 4.92 Å². The lowest BCUT2D eigenvalue weighted by molar-refractivity contribution is -0.384. The van der Waals surface area contributed by atoms with Gasteiger partial charge in [0.25, 0.3) is 0 Å². The maximum atomic E-state index is 11.2. The molecule has 7 nitrogen and oxygen atoms in total. The fourth-order valence-corrected chi connectivity index (χ4v) is 2.23. The van der Waals surface area contributed by atoms with Crippen molar-refractivity contribution in [3.8, 4) is 0 Å². The van der Waals surface area contributed by atoms with E-state index in [-0.39, 0.29) is 16.7 Å². The van der Waals surface area contributed by atoms with E-state index in [0.29, 0.717) is 18.2 Å². The summed E-state index contributed by atoms with van der Waals surface area (Å²) in [5, 5.41) is 14.1. The van der Waals surface area contributed by atoms with Crippen molar-refractivity contribution in [2.24, 2.45) is 0 Å². The minimum atomic E-state index is -0.382. The van der Waals surface area contributed by atoms with Crippen molar-refractivity contribution in [3.05, 3.63) is 22.2 Å². The van der Waals surface area contributed by atoms with E-state index in [0.717, 1.165) is 6.54 Å². The Hall–Kier alpha value is -1.89. The standard InChI is InChI=1S/C13H23N5O2/c1-6-17(10(2)9-16(4)5)13-11(18(19)20)7-8-12(14-3)15-13/h7-8,10H,6,9H2,1-5H3,(H,14,15). The number of hydrogen-bond donors (Lipinski definition) is 1. The van der Waals surface area contributed by atoms with E-state index in [1.54, 1.807) is 13.1 Å². The molecule has 1 N–H and O–H groups in total. The van der Waals surface area contributed by atoms with E-state index in [4.69, 9.17) is 0 Å². The average molecular weight is 281 g/mol. The second-order valence-corrected chi connectivity index (χ2v) is 4.94. The molecule has 0 spiro atoms. The lowest BCUT2D eigenvalue weighted by Gasteiger charge is -2.30. The summed E-state index contributed by atoms with van der Waals surface area (Å²) in [6, 6.07) is 3.25. The molecule has 112 valence electrons. The fourth-order valence-electron chi connectivity index (χ4n) is 2.23. The van der Waals surface area contributed by atoms with Crippen LogP contribution >= 0.6 is 0 Å². The zero-order valence-electron chi connectivity index (χ0n) is 12.8. The molecule has 0 aliphatic rings. The van der Waals surface area contributed by atoms with Gasteiger partial charge in [-0.1, -0.05) is 0 Å². The number of rotatable bonds is 7. The van der Waals surface area contributed by atoms with Gasteiger partial charge in [-0.2, -0.15) is 0 Å². The maximum Gasteiger partial charge on any atom is 0.311 e. The monoisotopic (exact) mass is 281 g/mol. The van der Waals surface area contributed by atoms with Crippen LogP contribution in [0.3, 0.4) is 0 Å². The first-order chi connectivity index (χ1) is 9.40. The van der Waals surface area contributed by atoms with Gasteiger partial charge >= 0.3 is 5.69 Å². The molecule has 1 rings (SSSR count). The largest absolute Gasteiger partial charge is 0.373 e. The van der Waals surface area contributed by atoms with Gasteiger partial charge in [0, 0.05) is 32.2 Å². The minimum Gasteiger partial charge on any atom is -0.373 e. The quantitative estimate of drug-likeness (QED) is 0.607. The third-order valence-electron chi connectivity index (χ3n) is 3.08. The molecule has 0 aromatic carbocycles. The average Bonchev–Trinajstić information content (AvgIpc) is 2.38. The molecule has 0 aliphatic carbocycles. The van der Waals surface area contributed by atoms with Crippen LogP contribution < -0.4 is 10.2 Å². The highest BCUT2D eigenvalue weighted by molar-refractivity contribution is 5.62. The van der Waals surface area contributed by atoms with E-state index < -0.39 is 0 Å². The Bertz CT molecular complexity index is 464. The van der Waals surface area contributed by atoms with Gasteiger partial charge in [0.1, 0.15) is 5.82 Å². The highest BCUT2D eigenvalue weighted by Gasteiger charge is 2.24. The summed E-state index contributed by atoms with van der Waals surface area (Å²) >= 11 is 0. The second kappa shape index (κ2) is 7.04. The Morgan fingerprint density at radius 1 is 1.45 bits per heavy atom. The van der Waals surface area contributed by atoms with Gasteiger partial charge < -0.3 is 15.1 Å². The summed E-state index contributed by atoms with van der Waals surface area (Å²) in [5.41, 5.74) is 0.0384. The molecule has 1 atom stereocenters. The van der Waals surface area contributed by atoms with Crippen molar-refractivity contribution in [1.82, 2.24) is 9.88 Å². The Balaban J connectivity index is 3.20. The topological polar surface area (TPSA) is 74.5 Å². The fraction of sp³-hybridized carbons (Fsp3) is 0.615. The van der Waals surface area contributed by atoms with Crippen LogP contribution in [0.15, 0.2) is 12.1 Å². The number of anilines is 2. The Morgan fingerprint density at radius 3 is 2.55 bits per heavy atom. The zero-order chi connectivity index (χ0) is 15.3. The van der Waals surface area contributed by atoms with Gasteiger partial charge in [0.15, 0.2) is 0 Å². The molecular formula is C13H23N5O2. The molecular weight excluding hydrogens is 258 g/mol. The molecule has 1 aromatic heterocycles. The van der Waals surface area contributed by atoms with E-state index in [1.807, 2.05) is 32.8 Å². The van der Waals surface area contributed by atoms with Crippen LogP contribution in [-0.2, 0) is 0 Å². The number of pyridine rings is 1. The van der Waals surface area contributed by atoms with Crippen LogP contribution in [0.25, 0.3) is 0 Å². The Labute approximate surface area is 119 Å². The zero-order valence-corrected chi connectivity index (χ0v) is 12.8. The lowest BCUT2D eigenvalue weighted by atomic mass is 10.2. The van der Waals surface area contributed by atoms with Gasteiger partial charge in [0.2, 0.25) is 5.82 Å². The summed E-state index contributed by atoms with van der Waals surface area (Å²) in [6.07, 6.45) is 0. The number of hydrogen-bond acceptors (Lipinski definition) is 6. The predicted molar refractivity (Wildman–Crippen MR) is 81.5 cm³/mol. The van der Waals surface area contributed by atoms with Crippen LogP contribution in [0.5, 0.6) is 0 Å². The molecule has 1 unspecified atom stereocenters. The molecule has 7 heteroatoms. The number of likely N-dealkylation sites (N-methyl/N-ethyl adjacent to an activating group) is 2. The highest BCUT2D eigenvalue weighted by Crippen LogP contribution is 2.28. The normalized spacial score (nSPS) is 12.3. The van der Waals surface area contributed by atoms with Gasteiger partial charge in [-0.15, -0.1) is 0 Å². The van der Waals surface area contributed by atoms with Crippen LogP contribution in [0.4, 0.5) is 17.3 Å². The molecule has 1 heterocycles. The van der Waals surface area contributed by atoms with E-state index in [2.05, 4.69) is 15.2 Å². The number of nitrogens with zero attached hydrogens (tertiary/aromatic N) is 4. The van der Waals surface area contributed by atoms with Crippen LogP contribution in [-0.4, -0.2) is 55.1 Å². The first-order valence-electron chi connectivity index (χ1n) is 6.65. The molecule has 20 heavy (non-hydrogen) atoms. The molecule has 0 fully saturated rings. The first-order valence-corrected chi connectivity index (χ1v) is 6.65. The molecule has 0 aliphatic heterocycles. The number of nitrogens with one attached hydrogen (secondary N) is 1.